The minimum atomic E-state index is 0.756. The van der Waals surface area contributed by atoms with Crippen LogP contribution >= 0.6 is 12.6 Å². The van der Waals surface area contributed by atoms with Crippen LogP contribution in [-0.4, -0.2) is 36.3 Å². The van der Waals surface area contributed by atoms with Gasteiger partial charge >= 0.3 is 0 Å². The number of hydrogen-bond acceptors (Lipinski definition) is 5. The lowest BCUT2D eigenvalue weighted by molar-refractivity contribution is 0.122. The van der Waals surface area contributed by atoms with Crippen LogP contribution in [0.4, 0.5) is 5.95 Å². The number of morpholine rings is 1. The van der Waals surface area contributed by atoms with Gasteiger partial charge in [0.25, 0.3) is 0 Å². The molecule has 2 rings (SSSR count). The second-order valence-corrected chi connectivity index (χ2v) is 3.36. The zero-order valence-corrected chi connectivity index (χ0v) is 8.07. The van der Waals surface area contributed by atoms with Crippen molar-refractivity contribution in [1.82, 2.24) is 9.97 Å². The van der Waals surface area contributed by atoms with E-state index in [-0.39, 0.29) is 0 Å². The van der Waals surface area contributed by atoms with Gasteiger partial charge in [-0.1, -0.05) is 0 Å². The molecular weight excluding hydrogens is 186 g/mol. The lowest BCUT2D eigenvalue weighted by atomic mass is 10.4. The van der Waals surface area contributed by atoms with Crippen molar-refractivity contribution in [3.8, 4) is 0 Å². The van der Waals surface area contributed by atoms with Crippen LogP contribution < -0.4 is 4.90 Å². The van der Waals surface area contributed by atoms with Gasteiger partial charge in [0.05, 0.1) is 13.2 Å². The normalized spacial score (nSPS) is 17.5. The highest BCUT2D eigenvalue weighted by Gasteiger charge is 2.12. The summed E-state index contributed by atoms with van der Waals surface area (Å²) in [4.78, 5) is 11.3. The van der Waals surface area contributed by atoms with Crippen LogP contribution in [0.5, 0.6) is 0 Å². The molecule has 0 aliphatic carbocycles. The molecule has 0 unspecified atom stereocenters. The molecule has 0 amide bonds. The van der Waals surface area contributed by atoms with Crippen LogP contribution in [0.3, 0.4) is 0 Å². The van der Waals surface area contributed by atoms with Gasteiger partial charge in [-0.25, -0.2) is 9.97 Å². The Hall–Kier alpha value is -0.810. The first-order valence-corrected chi connectivity index (χ1v) is 4.65. The summed E-state index contributed by atoms with van der Waals surface area (Å²) in [6.45, 7) is 3.25. The van der Waals surface area contributed by atoms with Gasteiger partial charge in [-0.05, 0) is 0 Å². The maximum absolute atomic E-state index is 5.23. The number of nitrogens with zero attached hydrogens (tertiary/aromatic N) is 3. The van der Waals surface area contributed by atoms with Crippen LogP contribution in [-0.2, 0) is 4.74 Å². The van der Waals surface area contributed by atoms with Gasteiger partial charge in [0.1, 0.15) is 0 Å². The van der Waals surface area contributed by atoms with Crippen LogP contribution in [0.1, 0.15) is 0 Å². The van der Waals surface area contributed by atoms with Gasteiger partial charge in [-0.15, -0.1) is 12.6 Å². The molecule has 0 spiro atoms. The highest BCUT2D eigenvalue weighted by Crippen LogP contribution is 2.10. The van der Waals surface area contributed by atoms with Gasteiger partial charge in [0, 0.05) is 30.4 Å². The van der Waals surface area contributed by atoms with Crippen molar-refractivity contribution in [3.05, 3.63) is 12.4 Å². The van der Waals surface area contributed by atoms with E-state index in [4.69, 9.17) is 4.74 Å². The average molecular weight is 197 g/mol. The first-order valence-electron chi connectivity index (χ1n) is 4.20. The van der Waals surface area contributed by atoms with E-state index < -0.39 is 0 Å². The van der Waals surface area contributed by atoms with E-state index in [0.717, 1.165) is 37.1 Å². The van der Waals surface area contributed by atoms with Crippen molar-refractivity contribution in [3.63, 3.8) is 0 Å². The summed E-state index contributed by atoms with van der Waals surface area (Å²) in [6, 6.07) is 0. The lowest BCUT2D eigenvalue weighted by Crippen LogP contribution is -2.37. The molecule has 0 aromatic carbocycles. The van der Waals surface area contributed by atoms with Gasteiger partial charge in [0.15, 0.2) is 0 Å². The van der Waals surface area contributed by atoms with Crippen molar-refractivity contribution >= 4 is 18.6 Å². The molecule has 1 fully saturated rings. The molecular formula is C8H11N3OS. The predicted molar refractivity (Wildman–Crippen MR) is 52.3 cm³/mol. The summed E-state index contributed by atoms with van der Waals surface area (Å²) in [6.07, 6.45) is 3.42. The van der Waals surface area contributed by atoms with Crippen LogP contribution in [0.15, 0.2) is 17.3 Å². The van der Waals surface area contributed by atoms with Gasteiger partial charge < -0.3 is 9.64 Å². The van der Waals surface area contributed by atoms with E-state index in [1.54, 1.807) is 12.4 Å². The third-order valence-corrected chi connectivity index (χ3v) is 2.15. The van der Waals surface area contributed by atoms with Crippen LogP contribution in [0, 0.1) is 0 Å². The van der Waals surface area contributed by atoms with Crippen molar-refractivity contribution in [2.75, 3.05) is 31.2 Å². The molecule has 0 bridgehead atoms. The van der Waals surface area contributed by atoms with Gasteiger partial charge in [0.2, 0.25) is 5.95 Å². The van der Waals surface area contributed by atoms with Crippen molar-refractivity contribution in [2.24, 2.45) is 0 Å². The second-order valence-electron chi connectivity index (χ2n) is 2.84. The smallest absolute Gasteiger partial charge is 0.225 e. The lowest BCUT2D eigenvalue weighted by Gasteiger charge is -2.26. The Kier molecular flexibility index (Phi) is 2.65. The van der Waals surface area contributed by atoms with E-state index in [9.17, 15) is 0 Å². The SMILES string of the molecule is Sc1cnc(N2CCOCC2)nc1. The van der Waals surface area contributed by atoms with E-state index in [0.29, 0.717) is 0 Å². The highest BCUT2D eigenvalue weighted by atomic mass is 32.1. The number of anilines is 1. The topological polar surface area (TPSA) is 38.2 Å². The van der Waals surface area contributed by atoms with Gasteiger partial charge in [-0.2, -0.15) is 0 Å². The summed E-state index contributed by atoms with van der Waals surface area (Å²) in [5, 5.41) is 0. The number of hydrogen-bond donors (Lipinski definition) is 1. The maximum Gasteiger partial charge on any atom is 0.225 e. The summed E-state index contributed by atoms with van der Waals surface area (Å²) in [5.74, 6) is 0.765. The average Bonchev–Trinajstić information content (AvgIpc) is 2.20. The first-order chi connectivity index (χ1) is 6.36. The molecule has 4 nitrogen and oxygen atoms in total. The predicted octanol–water partition coefficient (Wildman–Crippen LogP) is 0.602. The van der Waals surface area contributed by atoms with Crippen molar-refractivity contribution < 1.29 is 4.74 Å². The fraction of sp³-hybridized carbons (Fsp3) is 0.500. The molecule has 2 heterocycles. The highest BCUT2D eigenvalue weighted by molar-refractivity contribution is 7.80. The Morgan fingerprint density at radius 2 is 1.85 bits per heavy atom. The molecule has 1 aliphatic heterocycles. The third kappa shape index (κ3) is 2.10. The fourth-order valence-corrected chi connectivity index (χ4v) is 1.36. The Labute approximate surface area is 82.4 Å². The number of ether oxygens (including phenoxy) is 1. The molecule has 5 heteroatoms. The molecule has 1 saturated heterocycles. The van der Waals surface area contributed by atoms with Crippen LogP contribution in [0.25, 0.3) is 0 Å². The van der Waals surface area contributed by atoms with Crippen molar-refractivity contribution in [1.29, 1.82) is 0 Å². The standard InChI is InChI=1S/C8H11N3OS/c13-7-5-9-8(10-6-7)11-1-3-12-4-2-11/h5-6,13H,1-4H2. The molecule has 0 N–H and O–H groups in total. The molecule has 13 heavy (non-hydrogen) atoms. The largest absolute Gasteiger partial charge is 0.378 e. The Morgan fingerprint density at radius 1 is 1.23 bits per heavy atom. The molecule has 1 aromatic heterocycles. The number of thiol groups is 1. The fourth-order valence-electron chi connectivity index (χ4n) is 1.24. The zero-order valence-electron chi connectivity index (χ0n) is 7.18. The van der Waals surface area contributed by atoms with Crippen molar-refractivity contribution in [2.45, 2.75) is 4.90 Å². The van der Waals surface area contributed by atoms with E-state index in [1.807, 2.05) is 0 Å². The monoisotopic (exact) mass is 197 g/mol. The number of aromatic nitrogens is 2. The summed E-state index contributed by atoms with van der Waals surface area (Å²) in [5.41, 5.74) is 0. The van der Waals surface area contributed by atoms with Crippen LogP contribution in [0.2, 0.25) is 0 Å². The molecule has 1 aromatic rings. The van der Waals surface area contributed by atoms with Gasteiger partial charge in [-0.3, -0.25) is 0 Å². The molecule has 0 atom stereocenters. The molecule has 1 aliphatic rings. The maximum atomic E-state index is 5.23. The quantitative estimate of drug-likeness (QED) is 0.669. The molecule has 0 radical (unpaired) electrons. The Balaban J connectivity index is 2.10. The molecule has 70 valence electrons. The number of rotatable bonds is 1. The zero-order chi connectivity index (χ0) is 9.10. The molecule has 0 saturated carbocycles. The summed E-state index contributed by atoms with van der Waals surface area (Å²) in [7, 11) is 0. The van der Waals surface area contributed by atoms with E-state index in [2.05, 4.69) is 27.5 Å². The Morgan fingerprint density at radius 3 is 2.46 bits per heavy atom. The van der Waals surface area contributed by atoms with E-state index >= 15 is 0 Å². The Bertz CT molecular complexity index is 271. The summed E-state index contributed by atoms with van der Waals surface area (Å²) < 4.78 is 5.23. The summed E-state index contributed by atoms with van der Waals surface area (Å²) >= 11 is 4.13. The third-order valence-electron chi connectivity index (χ3n) is 1.92. The minimum Gasteiger partial charge on any atom is -0.378 e. The van der Waals surface area contributed by atoms with E-state index in [1.165, 1.54) is 0 Å². The second kappa shape index (κ2) is 3.93. The first kappa shape index (κ1) is 8.77. The minimum absolute atomic E-state index is 0.756.